The second kappa shape index (κ2) is 13.3. The maximum atomic E-state index is 13.1. The summed E-state index contributed by atoms with van der Waals surface area (Å²) in [7, 11) is 1.72. The minimum Gasteiger partial charge on any atom is -0.404 e. The average Bonchev–Trinajstić information content (AvgIpc) is 3.78. The first-order valence-electron chi connectivity index (χ1n) is 13.4. The van der Waals surface area contributed by atoms with E-state index in [4.69, 9.17) is 5.73 Å². The van der Waals surface area contributed by atoms with Gasteiger partial charge < -0.3 is 5.73 Å². The molecule has 1 aliphatic carbocycles. The van der Waals surface area contributed by atoms with Crippen LogP contribution in [0.15, 0.2) is 72.0 Å². The van der Waals surface area contributed by atoms with Crippen molar-refractivity contribution in [2.24, 2.45) is 10.7 Å². The van der Waals surface area contributed by atoms with Crippen LogP contribution in [-0.4, -0.2) is 18.2 Å². The summed E-state index contributed by atoms with van der Waals surface area (Å²) in [5.74, 6) is 0.849. The molecule has 0 amide bonds. The van der Waals surface area contributed by atoms with Gasteiger partial charge in [-0.25, -0.2) is 8.78 Å². The van der Waals surface area contributed by atoms with E-state index in [1.54, 1.807) is 19.3 Å². The Bertz CT molecular complexity index is 1430. The van der Waals surface area contributed by atoms with Crippen molar-refractivity contribution in [2.45, 2.75) is 65.7 Å². The fourth-order valence-electron chi connectivity index (χ4n) is 4.64. The highest BCUT2D eigenvalue weighted by molar-refractivity contribution is 6.09. The minimum absolute atomic E-state index is 0.231. The topological polar surface area (TPSA) is 51.3 Å². The summed E-state index contributed by atoms with van der Waals surface area (Å²) in [6.45, 7) is 10.4. The van der Waals surface area contributed by atoms with Crippen LogP contribution in [0.3, 0.4) is 0 Å². The highest BCUT2D eigenvalue weighted by Crippen LogP contribution is 2.45. The van der Waals surface area contributed by atoms with Crippen LogP contribution in [0.2, 0.25) is 0 Å². The number of pyridine rings is 1. The standard InChI is InChI=1S/C16H19N3.C15H14F2.C2H6/c1-11(2)14-6-4-5-12-7-16(19-10-15(12)14)13(8-17)9-18-3;1-9-3-2-4-11-7-13(10-5-6-10)14(15(16)17)8-12(9)11;1-2/h4-11H,17H2,1-3H3;2-4,7-8,10,15H,5-6H2,1H3;1-2H3/b13-8+,18-9?;;. The Morgan fingerprint density at radius 1 is 0.974 bits per heavy atom. The summed E-state index contributed by atoms with van der Waals surface area (Å²) in [6.07, 6.45) is 4.92. The van der Waals surface area contributed by atoms with E-state index in [2.05, 4.69) is 48.1 Å². The van der Waals surface area contributed by atoms with E-state index in [-0.39, 0.29) is 5.56 Å². The third kappa shape index (κ3) is 6.63. The van der Waals surface area contributed by atoms with Crippen LogP contribution >= 0.6 is 0 Å². The van der Waals surface area contributed by atoms with Gasteiger partial charge >= 0.3 is 0 Å². The molecule has 1 saturated carbocycles. The summed E-state index contributed by atoms with van der Waals surface area (Å²) < 4.78 is 26.2. The van der Waals surface area contributed by atoms with Gasteiger partial charge in [0.25, 0.3) is 6.43 Å². The first-order valence-corrected chi connectivity index (χ1v) is 13.4. The third-order valence-electron chi connectivity index (χ3n) is 6.72. The number of benzene rings is 3. The van der Waals surface area contributed by atoms with Gasteiger partial charge in [-0.1, -0.05) is 70.2 Å². The zero-order valence-electron chi connectivity index (χ0n) is 23.3. The first kappa shape index (κ1) is 29.0. The Kier molecular flexibility index (Phi) is 10.1. The number of allylic oxidation sites excluding steroid dienone is 1. The summed E-state index contributed by atoms with van der Waals surface area (Å²) >= 11 is 0. The van der Waals surface area contributed by atoms with Crippen molar-refractivity contribution in [3.63, 3.8) is 0 Å². The Labute approximate surface area is 225 Å². The zero-order valence-corrected chi connectivity index (χ0v) is 23.3. The highest BCUT2D eigenvalue weighted by Gasteiger charge is 2.29. The molecule has 0 saturated heterocycles. The Morgan fingerprint density at radius 2 is 1.63 bits per heavy atom. The number of halogens is 2. The molecule has 0 aliphatic heterocycles. The summed E-state index contributed by atoms with van der Waals surface area (Å²) in [5.41, 5.74) is 10.8. The molecule has 0 spiro atoms. The largest absolute Gasteiger partial charge is 0.404 e. The van der Waals surface area contributed by atoms with E-state index in [9.17, 15) is 8.78 Å². The number of hydrogen-bond acceptors (Lipinski definition) is 3. The van der Waals surface area contributed by atoms with E-state index in [1.807, 2.05) is 51.2 Å². The van der Waals surface area contributed by atoms with Crippen molar-refractivity contribution in [3.05, 3.63) is 94.9 Å². The lowest BCUT2D eigenvalue weighted by molar-refractivity contribution is 0.150. The fourth-order valence-corrected chi connectivity index (χ4v) is 4.64. The second-order valence-electron chi connectivity index (χ2n) is 9.65. The van der Waals surface area contributed by atoms with E-state index in [1.165, 1.54) is 22.5 Å². The van der Waals surface area contributed by atoms with Crippen molar-refractivity contribution in [3.8, 4) is 0 Å². The Hall–Kier alpha value is -3.60. The van der Waals surface area contributed by atoms with Gasteiger partial charge in [0.05, 0.1) is 5.69 Å². The van der Waals surface area contributed by atoms with Crippen LogP contribution in [0.5, 0.6) is 0 Å². The van der Waals surface area contributed by atoms with Gasteiger partial charge in [-0.05, 0) is 76.6 Å². The summed E-state index contributed by atoms with van der Waals surface area (Å²) in [6, 6.07) is 18.0. The van der Waals surface area contributed by atoms with Crippen LogP contribution in [-0.2, 0) is 0 Å². The average molecular weight is 516 g/mol. The second-order valence-corrected chi connectivity index (χ2v) is 9.65. The molecule has 0 atom stereocenters. The molecule has 38 heavy (non-hydrogen) atoms. The van der Waals surface area contributed by atoms with Crippen molar-refractivity contribution in [1.29, 1.82) is 0 Å². The van der Waals surface area contributed by atoms with Crippen molar-refractivity contribution >= 4 is 33.3 Å². The molecule has 200 valence electrons. The van der Waals surface area contributed by atoms with Crippen LogP contribution < -0.4 is 5.73 Å². The molecule has 0 radical (unpaired) electrons. The predicted octanol–water partition coefficient (Wildman–Crippen LogP) is 9.35. The molecule has 3 aromatic carbocycles. The molecular formula is C33H39F2N3. The number of nitrogens with zero attached hydrogens (tertiary/aromatic N) is 2. The normalized spacial score (nSPS) is 13.6. The molecule has 3 nitrogen and oxygen atoms in total. The van der Waals surface area contributed by atoms with E-state index in [0.29, 0.717) is 11.8 Å². The van der Waals surface area contributed by atoms with Crippen LogP contribution in [0.1, 0.15) is 86.7 Å². The number of aryl methyl sites for hydroxylation is 1. The number of nitrogens with two attached hydrogens (primary N) is 1. The quantitative estimate of drug-likeness (QED) is 0.269. The molecule has 1 aliphatic rings. The van der Waals surface area contributed by atoms with Crippen LogP contribution in [0, 0.1) is 6.92 Å². The molecule has 5 rings (SSSR count). The molecule has 4 aromatic rings. The number of aliphatic imine (C=N–C) groups is 1. The monoisotopic (exact) mass is 515 g/mol. The van der Waals surface area contributed by atoms with Crippen LogP contribution in [0.25, 0.3) is 27.1 Å². The maximum absolute atomic E-state index is 13.1. The molecule has 2 N–H and O–H groups in total. The summed E-state index contributed by atoms with van der Waals surface area (Å²) in [4.78, 5) is 8.50. The lowest BCUT2D eigenvalue weighted by Crippen LogP contribution is -1.96. The van der Waals surface area contributed by atoms with Crippen molar-refractivity contribution in [2.75, 3.05) is 7.05 Å². The van der Waals surface area contributed by atoms with Crippen molar-refractivity contribution in [1.82, 2.24) is 4.98 Å². The molecule has 1 heterocycles. The molecule has 5 heteroatoms. The third-order valence-corrected chi connectivity index (χ3v) is 6.72. The maximum Gasteiger partial charge on any atom is 0.264 e. The van der Waals surface area contributed by atoms with Gasteiger partial charge in [0.1, 0.15) is 0 Å². The lowest BCUT2D eigenvalue weighted by atomic mass is 9.96. The van der Waals surface area contributed by atoms with Gasteiger partial charge in [-0.2, -0.15) is 0 Å². The lowest BCUT2D eigenvalue weighted by Gasteiger charge is -2.11. The van der Waals surface area contributed by atoms with Gasteiger partial charge in [0, 0.05) is 42.2 Å². The van der Waals surface area contributed by atoms with Gasteiger partial charge in [-0.3, -0.25) is 9.98 Å². The van der Waals surface area contributed by atoms with E-state index >= 15 is 0 Å². The fraction of sp³-hybridized carbons (Fsp3) is 0.333. The van der Waals surface area contributed by atoms with Crippen molar-refractivity contribution < 1.29 is 8.78 Å². The molecule has 1 fully saturated rings. The number of hydrogen-bond donors (Lipinski definition) is 1. The predicted molar refractivity (Wildman–Crippen MR) is 159 cm³/mol. The van der Waals surface area contributed by atoms with Gasteiger partial charge in [0.2, 0.25) is 0 Å². The minimum atomic E-state index is -2.37. The SMILES string of the molecule is CC.CN=C/C(=C\N)c1cc2cccc(C(C)C)c2cn1.Cc1cccc2cc(C3CC3)c(C(F)F)cc12. The summed E-state index contributed by atoms with van der Waals surface area (Å²) in [5, 5.41) is 4.41. The Balaban J connectivity index is 0.000000199. The number of rotatable bonds is 5. The van der Waals surface area contributed by atoms with E-state index < -0.39 is 6.43 Å². The van der Waals surface area contributed by atoms with Gasteiger partial charge in [0.15, 0.2) is 0 Å². The highest BCUT2D eigenvalue weighted by atomic mass is 19.3. The first-order chi connectivity index (χ1) is 18.3. The smallest absolute Gasteiger partial charge is 0.264 e. The van der Waals surface area contributed by atoms with Gasteiger partial charge in [-0.15, -0.1) is 0 Å². The number of fused-ring (bicyclic) bond motifs is 2. The number of alkyl halides is 2. The zero-order chi connectivity index (χ0) is 27.8. The van der Waals surface area contributed by atoms with E-state index in [0.717, 1.165) is 46.0 Å². The molecular weight excluding hydrogens is 476 g/mol. The number of aromatic nitrogens is 1. The molecule has 0 bridgehead atoms. The Morgan fingerprint density at radius 3 is 2.21 bits per heavy atom. The van der Waals surface area contributed by atoms with Crippen LogP contribution in [0.4, 0.5) is 8.78 Å². The molecule has 1 aromatic heterocycles. The molecule has 0 unspecified atom stereocenters.